The molecule has 136 valence electrons. The molecular weight excluding hydrogens is 332 g/mol. The van der Waals surface area contributed by atoms with Gasteiger partial charge in [-0.15, -0.1) is 6.58 Å². The highest BCUT2D eigenvalue weighted by Gasteiger charge is 2.06. The van der Waals surface area contributed by atoms with Crippen molar-refractivity contribution in [3.05, 3.63) is 72.3 Å². The van der Waals surface area contributed by atoms with E-state index in [0.29, 0.717) is 30.3 Å². The first-order valence-electron chi connectivity index (χ1n) is 8.17. The smallest absolute Gasteiger partial charge is 0.328 e. The second kappa shape index (κ2) is 9.93. The summed E-state index contributed by atoms with van der Waals surface area (Å²) in [6.45, 7) is 4.44. The summed E-state index contributed by atoms with van der Waals surface area (Å²) in [4.78, 5) is 10.6. The van der Waals surface area contributed by atoms with Gasteiger partial charge in [-0.25, -0.2) is 4.79 Å². The Morgan fingerprint density at radius 2 is 1.81 bits per heavy atom. The summed E-state index contributed by atoms with van der Waals surface area (Å²) < 4.78 is 16.8. The minimum absolute atomic E-state index is 0.324. The zero-order valence-corrected chi connectivity index (χ0v) is 14.7. The minimum atomic E-state index is -1.00. The van der Waals surface area contributed by atoms with Gasteiger partial charge in [-0.1, -0.05) is 30.3 Å². The Kier molecular flexibility index (Phi) is 7.31. The van der Waals surface area contributed by atoms with Crippen LogP contribution in [0.5, 0.6) is 17.2 Å². The van der Waals surface area contributed by atoms with E-state index in [9.17, 15) is 4.79 Å². The molecule has 2 aromatic rings. The van der Waals surface area contributed by atoms with Gasteiger partial charge in [-0.2, -0.15) is 0 Å². The Bertz CT molecular complexity index is 780. The molecule has 26 heavy (non-hydrogen) atoms. The molecule has 0 bridgehead atoms. The molecule has 2 rings (SSSR count). The molecule has 0 aliphatic rings. The van der Waals surface area contributed by atoms with Gasteiger partial charge in [0.1, 0.15) is 19.0 Å². The maximum atomic E-state index is 10.6. The second-order valence-electron chi connectivity index (χ2n) is 5.38. The van der Waals surface area contributed by atoms with Crippen LogP contribution >= 0.6 is 0 Å². The molecule has 0 unspecified atom stereocenters. The van der Waals surface area contributed by atoms with Gasteiger partial charge in [0, 0.05) is 6.08 Å². The summed E-state index contributed by atoms with van der Waals surface area (Å²) in [6, 6.07) is 13.0. The van der Waals surface area contributed by atoms with Crippen LogP contribution in [0.3, 0.4) is 0 Å². The molecular formula is C21H22O5. The third kappa shape index (κ3) is 5.70. The van der Waals surface area contributed by atoms with Crippen LogP contribution in [-0.2, 0) is 11.2 Å². The first kappa shape index (κ1) is 19.1. The van der Waals surface area contributed by atoms with Crippen LogP contribution in [0.25, 0.3) is 6.08 Å². The molecule has 0 saturated heterocycles. The second-order valence-corrected chi connectivity index (χ2v) is 5.38. The van der Waals surface area contributed by atoms with Crippen molar-refractivity contribution in [3.63, 3.8) is 0 Å². The van der Waals surface area contributed by atoms with Crippen LogP contribution in [0.1, 0.15) is 11.1 Å². The normalized spacial score (nSPS) is 10.5. The van der Waals surface area contributed by atoms with E-state index in [2.05, 4.69) is 6.58 Å². The van der Waals surface area contributed by atoms with Crippen molar-refractivity contribution >= 4 is 12.0 Å². The molecule has 2 aromatic carbocycles. The maximum absolute atomic E-state index is 10.6. The van der Waals surface area contributed by atoms with Crippen molar-refractivity contribution in [2.24, 2.45) is 0 Å². The number of methoxy groups -OCH3 is 1. The third-order valence-corrected chi connectivity index (χ3v) is 3.54. The largest absolute Gasteiger partial charge is 0.493 e. The third-order valence-electron chi connectivity index (χ3n) is 3.54. The van der Waals surface area contributed by atoms with Gasteiger partial charge in [-0.05, 0) is 41.8 Å². The maximum Gasteiger partial charge on any atom is 0.328 e. The molecule has 5 heteroatoms. The molecule has 0 amide bonds. The monoisotopic (exact) mass is 354 g/mol. The number of aliphatic carboxylic acids is 1. The molecule has 0 fully saturated rings. The number of carboxylic acids is 1. The standard InChI is InChI=1S/C21H22O5/c1-3-6-17-7-4-5-8-18(17)25-13-14-26-20-15-16(10-12-21(22)23)9-11-19(20)24-2/h3-5,7-12,15H,1,6,13-14H2,2H3,(H,22,23). The number of benzene rings is 2. The lowest BCUT2D eigenvalue weighted by Crippen LogP contribution is -2.10. The fourth-order valence-electron chi connectivity index (χ4n) is 2.35. The van der Waals surface area contributed by atoms with Gasteiger partial charge in [0.2, 0.25) is 0 Å². The van der Waals surface area contributed by atoms with Gasteiger partial charge < -0.3 is 19.3 Å². The first-order valence-corrected chi connectivity index (χ1v) is 8.17. The molecule has 0 spiro atoms. The van der Waals surface area contributed by atoms with E-state index in [1.54, 1.807) is 25.3 Å². The molecule has 5 nitrogen and oxygen atoms in total. The molecule has 0 radical (unpaired) electrons. The van der Waals surface area contributed by atoms with Crippen LogP contribution in [0.2, 0.25) is 0 Å². The first-order chi connectivity index (χ1) is 12.6. The van der Waals surface area contributed by atoms with Crippen LogP contribution in [-0.4, -0.2) is 31.4 Å². The summed E-state index contributed by atoms with van der Waals surface area (Å²) in [7, 11) is 1.55. The van der Waals surface area contributed by atoms with Gasteiger partial charge in [-0.3, -0.25) is 0 Å². The average molecular weight is 354 g/mol. The summed E-state index contributed by atoms with van der Waals surface area (Å²) in [5.74, 6) is 0.906. The quantitative estimate of drug-likeness (QED) is 0.397. The van der Waals surface area contributed by atoms with Crippen LogP contribution in [0.4, 0.5) is 0 Å². The van der Waals surface area contributed by atoms with Crippen molar-refractivity contribution < 1.29 is 24.1 Å². The van der Waals surface area contributed by atoms with Crippen LogP contribution in [0, 0.1) is 0 Å². The van der Waals surface area contributed by atoms with E-state index in [0.717, 1.165) is 23.8 Å². The van der Waals surface area contributed by atoms with Crippen molar-refractivity contribution in [2.75, 3.05) is 20.3 Å². The van der Waals surface area contributed by atoms with Gasteiger partial charge >= 0.3 is 5.97 Å². The number of hydrogen-bond acceptors (Lipinski definition) is 4. The average Bonchev–Trinajstić information content (AvgIpc) is 2.65. The number of carboxylic acid groups (broad SMARTS) is 1. The van der Waals surface area contributed by atoms with Crippen LogP contribution < -0.4 is 14.2 Å². The predicted molar refractivity (Wildman–Crippen MR) is 101 cm³/mol. The van der Waals surface area contributed by atoms with Gasteiger partial charge in [0.15, 0.2) is 11.5 Å². The highest BCUT2D eigenvalue weighted by atomic mass is 16.5. The molecule has 0 saturated carbocycles. The molecule has 0 aliphatic heterocycles. The number of ether oxygens (including phenoxy) is 3. The fourth-order valence-corrected chi connectivity index (χ4v) is 2.35. The lowest BCUT2D eigenvalue weighted by molar-refractivity contribution is -0.131. The van der Waals surface area contributed by atoms with E-state index < -0.39 is 5.97 Å². The summed E-state index contributed by atoms with van der Waals surface area (Å²) in [5, 5.41) is 8.72. The number of para-hydroxylation sites is 1. The van der Waals surface area contributed by atoms with Crippen molar-refractivity contribution in [1.29, 1.82) is 0 Å². The summed E-state index contributed by atoms with van der Waals surface area (Å²) >= 11 is 0. The fraction of sp³-hybridized carbons (Fsp3) is 0.190. The van der Waals surface area contributed by atoms with Crippen molar-refractivity contribution in [3.8, 4) is 17.2 Å². The number of hydrogen-bond donors (Lipinski definition) is 1. The SMILES string of the molecule is C=CCc1ccccc1OCCOc1cc(C=CC(=O)O)ccc1OC. The van der Waals surface area contributed by atoms with E-state index in [1.165, 1.54) is 6.08 Å². The van der Waals surface area contributed by atoms with E-state index in [1.807, 2.05) is 30.3 Å². The molecule has 0 heterocycles. The lowest BCUT2D eigenvalue weighted by atomic mass is 10.1. The van der Waals surface area contributed by atoms with Gasteiger partial charge in [0.05, 0.1) is 7.11 Å². The van der Waals surface area contributed by atoms with Gasteiger partial charge in [0.25, 0.3) is 0 Å². The van der Waals surface area contributed by atoms with Crippen molar-refractivity contribution in [1.82, 2.24) is 0 Å². The Balaban J connectivity index is 1.97. The number of carbonyl (C=O) groups is 1. The lowest BCUT2D eigenvalue weighted by Gasteiger charge is -2.13. The Hall–Kier alpha value is -3.21. The minimum Gasteiger partial charge on any atom is -0.493 e. The topological polar surface area (TPSA) is 65.0 Å². The van der Waals surface area contributed by atoms with E-state index in [-0.39, 0.29) is 0 Å². The van der Waals surface area contributed by atoms with E-state index in [4.69, 9.17) is 19.3 Å². The summed E-state index contributed by atoms with van der Waals surface area (Å²) in [6.07, 6.45) is 5.14. The predicted octanol–water partition coefficient (Wildman–Crippen LogP) is 3.98. The Labute approximate surface area is 153 Å². The zero-order chi connectivity index (χ0) is 18.8. The molecule has 1 N–H and O–H groups in total. The number of allylic oxidation sites excluding steroid dienone is 1. The Morgan fingerprint density at radius 1 is 1.08 bits per heavy atom. The zero-order valence-electron chi connectivity index (χ0n) is 14.7. The van der Waals surface area contributed by atoms with Crippen molar-refractivity contribution in [2.45, 2.75) is 6.42 Å². The molecule has 0 atom stereocenters. The van der Waals surface area contributed by atoms with E-state index >= 15 is 0 Å². The van der Waals surface area contributed by atoms with Crippen LogP contribution in [0.15, 0.2) is 61.2 Å². The highest BCUT2D eigenvalue weighted by Crippen LogP contribution is 2.28. The Morgan fingerprint density at radius 3 is 2.50 bits per heavy atom. The number of rotatable bonds is 10. The highest BCUT2D eigenvalue weighted by molar-refractivity contribution is 5.85. The summed E-state index contributed by atoms with van der Waals surface area (Å²) in [5.41, 5.74) is 1.78. The molecule has 0 aromatic heterocycles. The molecule has 0 aliphatic carbocycles.